The molecule has 1 aromatic heterocycles. The van der Waals surface area contributed by atoms with Crippen molar-refractivity contribution in [2.45, 2.75) is 25.6 Å². The van der Waals surface area contributed by atoms with Crippen LogP contribution in [0.5, 0.6) is 0 Å². The molecule has 142 valence electrons. The first-order valence-corrected chi connectivity index (χ1v) is 8.99. The number of para-hydroxylation sites is 1. The minimum absolute atomic E-state index is 0.121. The molecule has 0 bridgehead atoms. The Kier molecular flexibility index (Phi) is 4.75. The van der Waals surface area contributed by atoms with Crippen LogP contribution in [0.2, 0.25) is 0 Å². The van der Waals surface area contributed by atoms with Gasteiger partial charge < -0.3 is 19.7 Å². The zero-order valence-corrected chi connectivity index (χ0v) is 15.1. The van der Waals surface area contributed by atoms with Crippen LogP contribution < -0.4 is 10.2 Å². The number of ether oxygens (including phenoxy) is 2. The van der Waals surface area contributed by atoms with Crippen LogP contribution in [0.15, 0.2) is 30.3 Å². The van der Waals surface area contributed by atoms with Crippen molar-refractivity contribution in [2.24, 2.45) is 0 Å². The van der Waals surface area contributed by atoms with Crippen LogP contribution in [0.1, 0.15) is 29.0 Å². The van der Waals surface area contributed by atoms with E-state index in [4.69, 9.17) is 9.47 Å². The highest BCUT2D eigenvalue weighted by molar-refractivity contribution is 6.03. The molecule has 1 aromatic carbocycles. The van der Waals surface area contributed by atoms with Gasteiger partial charge in [-0.15, -0.1) is 0 Å². The van der Waals surface area contributed by atoms with Crippen molar-refractivity contribution in [1.29, 1.82) is 0 Å². The number of hydrogen-bond donors (Lipinski definition) is 1. The van der Waals surface area contributed by atoms with Crippen LogP contribution in [0.4, 0.5) is 16.0 Å². The average Bonchev–Trinajstić information content (AvgIpc) is 3.11. The van der Waals surface area contributed by atoms with Crippen molar-refractivity contribution < 1.29 is 18.7 Å². The van der Waals surface area contributed by atoms with Crippen molar-refractivity contribution in [1.82, 2.24) is 9.97 Å². The van der Waals surface area contributed by atoms with Crippen molar-refractivity contribution >= 4 is 17.5 Å². The molecule has 0 radical (unpaired) electrons. The number of halogens is 1. The third-order valence-electron chi connectivity index (χ3n) is 4.82. The summed E-state index contributed by atoms with van der Waals surface area (Å²) in [5.41, 5.74) is 0.998. The van der Waals surface area contributed by atoms with E-state index >= 15 is 0 Å². The normalized spacial score (nSPS) is 18.7. The van der Waals surface area contributed by atoms with E-state index in [-0.39, 0.29) is 11.4 Å². The molecule has 2 aliphatic heterocycles. The number of hydrogen-bond acceptors (Lipinski definition) is 6. The second-order valence-corrected chi connectivity index (χ2v) is 6.72. The molecule has 8 heteroatoms. The number of carbonyl (C=O) groups excluding carboxylic acids is 1. The van der Waals surface area contributed by atoms with Gasteiger partial charge in [-0.05, 0) is 25.1 Å². The second kappa shape index (κ2) is 7.21. The largest absolute Gasteiger partial charge is 0.347 e. The standard InChI is InChI=1S/C19H21FN4O3/c1-13-12-16(17(25)22-15-5-3-2-4-14(15)20)23-18(21-13)24-8-6-19(7-9-24)26-10-11-27-19/h2-5,12H,6-11H2,1H3,(H,22,25). The number of amides is 1. The summed E-state index contributed by atoms with van der Waals surface area (Å²) in [5, 5.41) is 2.56. The topological polar surface area (TPSA) is 76.6 Å². The van der Waals surface area contributed by atoms with Crippen molar-refractivity contribution in [2.75, 3.05) is 36.5 Å². The first-order chi connectivity index (χ1) is 13.0. The van der Waals surface area contributed by atoms with Crippen LogP contribution in [0, 0.1) is 12.7 Å². The molecule has 4 rings (SSSR count). The minimum atomic E-state index is -0.491. The fourth-order valence-electron chi connectivity index (χ4n) is 3.39. The maximum Gasteiger partial charge on any atom is 0.274 e. The Bertz CT molecular complexity index is 845. The lowest BCUT2D eigenvalue weighted by Gasteiger charge is -2.37. The summed E-state index contributed by atoms with van der Waals surface area (Å²) in [7, 11) is 0. The molecule has 1 spiro atoms. The summed E-state index contributed by atoms with van der Waals surface area (Å²) < 4.78 is 25.3. The van der Waals surface area contributed by atoms with Gasteiger partial charge in [0, 0.05) is 31.6 Å². The summed E-state index contributed by atoms with van der Waals surface area (Å²) in [4.78, 5) is 23.4. The van der Waals surface area contributed by atoms with Crippen LogP contribution in [-0.2, 0) is 9.47 Å². The lowest BCUT2D eigenvalue weighted by molar-refractivity contribution is -0.169. The van der Waals surface area contributed by atoms with Gasteiger partial charge in [0.25, 0.3) is 5.91 Å². The van der Waals surface area contributed by atoms with Gasteiger partial charge in [0.1, 0.15) is 11.5 Å². The monoisotopic (exact) mass is 372 g/mol. The fraction of sp³-hybridized carbons (Fsp3) is 0.421. The van der Waals surface area contributed by atoms with Gasteiger partial charge >= 0.3 is 0 Å². The molecule has 7 nitrogen and oxygen atoms in total. The third kappa shape index (κ3) is 3.77. The Morgan fingerprint density at radius 3 is 2.59 bits per heavy atom. The molecular formula is C19H21FN4O3. The summed E-state index contributed by atoms with van der Waals surface area (Å²) in [5.74, 6) is -0.954. The molecule has 0 atom stereocenters. The van der Waals surface area contributed by atoms with Gasteiger partial charge in [-0.25, -0.2) is 14.4 Å². The van der Waals surface area contributed by atoms with Gasteiger partial charge in [-0.2, -0.15) is 0 Å². The van der Waals surface area contributed by atoms with E-state index in [0.29, 0.717) is 37.9 Å². The Labute approximate surface area is 156 Å². The van der Waals surface area contributed by atoms with Gasteiger partial charge in [0.15, 0.2) is 5.79 Å². The maximum absolute atomic E-state index is 13.8. The smallest absolute Gasteiger partial charge is 0.274 e. The molecule has 0 saturated carbocycles. The molecular weight excluding hydrogens is 351 g/mol. The first kappa shape index (κ1) is 17.8. The summed E-state index contributed by atoms with van der Waals surface area (Å²) in [6, 6.07) is 7.62. The highest BCUT2D eigenvalue weighted by Gasteiger charge is 2.40. The highest BCUT2D eigenvalue weighted by Crippen LogP contribution is 2.32. The van der Waals surface area contributed by atoms with E-state index in [2.05, 4.69) is 15.3 Å². The van der Waals surface area contributed by atoms with Crippen molar-refractivity contribution in [3.05, 3.63) is 47.5 Å². The van der Waals surface area contributed by atoms with E-state index in [1.165, 1.54) is 12.1 Å². The number of benzene rings is 1. The zero-order chi connectivity index (χ0) is 18.9. The van der Waals surface area contributed by atoms with E-state index in [0.717, 1.165) is 12.8 Å². The predicted molar refractivity (Wildman–Crippen MR) is 97.2 cm³/mol. The van der Waals surface area contributed by atoms with E-state index in [9.17, 15) is 9.18 Å². The van der Waals surface area contributed by atoms with Gasteiger partial charge in [-0.3, -0.25) is 4.79 Å². The summed E-state index contributed by atoms with van der Waals surface area (Å²) in [6.07, 6.45) is 1.45. The number of rotatable bonds is 3. The maximum atomic E-state index is 13.8. The number of carbonyl (C=O) groups is 1. The van der Waals surface area contributed by atoms with Crippen molar-refractivity contribution in [3.8, 4) is 0 Å². The van der Waals surface area contributed by atoms with Crippen LogP contribution in [0.25, 0.3) is 0 Å². The Hall–Kier alpha value is -2.58. The molecule has 0 unspecified atom stereocenters. The average molecular weight is 372 g/mol. The molecule has 2 aliphatic rings. The zero-order valence-electron chi connectivity index (χ0n) is 15.1. The van der Waals surface area contributed by atoms with Crippen molar-refractivity contribution in [3.63, 3.8) is 0 Å². The predicted octanol–water partition coefficient (Wildman–Crippen LogP) is 2.52. The number of aromatic nitrogens is 2. The fourth-order valence-corrected chi connectivity index (χ4v) is 3.39. The summed E-state index contributed by atoms with van der Waals surface area (Å²) >= 11 is 0. The third-order valence-corrected chi connectivity index (χ3v) is 4.82. The van der Waals surface area contributed by atoms with E-state index < -0.39 is 17.5 Å². The number of nitrogens with zero attached hydrogens (tertiary/aromatic N) is 3. The van der Waals surface area contributed by atoms with Crippen LogP contribution >= 0.6 is 0 Å². The number of anilines is 2. The molecule has 3 heterocycles. The molecule has 2 aromatic rings. The van der Waals surface area contributed by atoms with Gasteiger partial charge in [-0.1, -0.05) is 12.1 Å². The lowest BCUT2D eigenvalue weighted by Crippen LogP contribution is -2.45. The SMILES string of the molecule is Cc1cc(C(=O)Nc2ccccc2F)nc(N2CCC3(CC2)OCCO3)n1. The molecule has 0 aliphatic carbocycles. The minimum Gasteiger partial charge on any atom is -0.347 e. The first-order valence-electron chi connectivity index (χ1n) is 8.99. The molecule has 2 saturated heterocycles. The van der Waals surface area contributed by atoms with Crippen LogP contribution in [0.3, 0.4) is 0 Å². The van der Waals surface area contributed by atoms with Crippen LogP contribution in [-0.4, -0.2) is 48.0 Å². The molecule has 2 fully saturated rings. The van der Waals surface area contributed by atoms with Gasteiger partial charge in [0.2, 0.25) is 5.95 Å². The number of piperidine rings is 1. The Balaban J connectivity index is 1.50. The molecule has 1 N–H and O–H groups in total. The molecule has 1 amide bonds. The summed E-state index contributed by atoms with van der Waals surface area (Å²) in [6.45, 7) is 4.41. The highest BCUT2D eigenvalue weighted by atomic mass is 19.1. The van der Waals surface area contributed by atoms with E-state index in [1.807, 2.05) is 4.90 Å². The Morgan fingerprint density at radius 2 is 1.89 bits per heavy atom. The Morgan fingerprint density at radius 1 is 1.19 bits per heavy atom. The van der Waals surface area contributed by atoms with Gasteiger partial charge in [0.05, 0.1) is 18.9 Å². The lowest BCUT2D eigenvalue weighted by atomic mass is 10.0. The second-order valence-electron chi connectivity index (χ2n) is 6.72. The molecule has 27 heavy (non-hydrogen) atoms. The quantitative estimate of drug-likeness (QED) is 0.892. The number of nitrogens with one attached hydrogen (secondary N) is 1. The number of aryl methyl sites for hydroxylation is 1. The van der Waals surface area contributed by atoms with E-state index in [1.54, 1.807) is 25.1 Å².